The molecular formula is C14H19FO3. The van der Waals surface area contributed by atoms with Gasteiger partial charge in [0.15, 0.2) is 17.3 Å². The molecule has 0 saturated carbocycles. The van der Waals surface area contributed by atoms with Gasteiger partial charge in [0.05, 0.1) is 12.2 Å². The van der Waals surface area contributed by atoms with Crippen molar-refractivity contribution in [2.45, 2.75) is 33.3 Å². The third kappa shape index (κ3) is 4.84. The molecule has 0 heterocycles. The van der Waals surface area contributed by atoms with Gasteiger partial charge in [-0.25, -0.2) is 4.39 Å². The van der Waals surface area contributed by atoms with E-state index in [1.807, 2.05) is 20.8 Å². The lowest BCUT2D eigenvalue weighted by Gasteiger charge is -2.19. The molecule has 0 spiro atoms. The molecule has 0 radical (unpaired) electrons. The van der Waals surface area contributed by atoms with Gasteiger partial charge in [-0.15, -0.1) is 0 Å². The zero-order chi connectivity index (χ0) is 13.8. The van der Waals surface area contributed by atoms with Gasteiger partial charge in [0.25, 0.3) is 0 Å². The van der Waals surface area contributed by atoms with E-state index in [1.165, 1.54) is 19.1 Å². The summed E-state index contributed by atoms with van der Waals surface area (Å²) in [4.78, 5) is 11.1. The SMILES string of the molecule is CC(=O)c1ccc(OCCOC(C)(C)C)c(F)c1. The Balaban J connectivity index is 2.51. The van der Waals surface area contributed by atoms with E-state index >= 15 is 0 Å². The van der Waals surface area contributed by atoms with Crippen LogP contribution in [0.15, 0.2) is 18.2 Å². The summed E-state index contributed by atoms with van der Waals surface area (Å²) in [6.07, 6.45) is 0. The Morgan fingerprint density at radius 3 is 2.44 bits per heavy atom. The maximum absolute atomic E-state index is 13.6. The van der Waals surface area contributed by atoms with Gasteiger partial charge in [-0.1, -0.05) is 0 Å². The first-order valence-corrected chi connectivity index (χ1v) is 5.87. The molecule has 18 heavy (non-hydrogen) atoms. The molecule has 0 atom stereocenters. The number of carbonyl (C=O) groups excluding carboxylic acids is 1. The summed E-state index contributed by atoms with van der Waals surface area (Å²) in [7, 11) is 0. The van der Waals surface area contributed by atoms with Crippen LogP contribution in [0.3, 0.4) is 0 Å². The Morgan fingerprint density at radius 2 is 1.94 bits per heavy atom. The molecule has 1 rings (SSSR count). The summed E-state index contributed by atoms with van der Waals surface area (Å²) in [6, 6.07) is 4.19. The number of hydrogen-bond donors (Lipinski definition) is 0. The monoisotopic (exact) mass is 254 g/mol. The third-order valence-corrected chi connectivity index (χ3v) is 2.21. The van der Waals surface area contributed by atoms with E-state index < -0.39 is 5.82 Å². The third-order valence-electron chi connectivity index (χ3n) is 2.21. The van der Waals surface area contributed by atoms with E-state index in [-0.39, 0.29) is 23.7 Å². The Kier molecular flexibility index (Phi) is 4.84. The van der Waals surface area contributed by atoms with Crippen LogP contribution in [-0.4, -0.2) is 24.6 Å². The van der Waals surface area contributed by atoms with Crippen LogP contribution >= 0.6 is 0 Å². The molecule has 0 amide bonds. The highest BCUT2D eigenvalue weighted by atomic mass is 19.1. The van der Waals surface area contributed by atoms with Gasteiger partial charge in [0.2, 0.25) is 0 Å². The van der Waals surface area contributed by atoms with Crippen LogP contribution in [0.4, 0.5) is 4.39 Å². The van der Waals surface area contributed by atoms with Gasteiger partial charge in [0.1, 0.15) is 6.61 Å². The average Bonchev–Trinajstić information content (AvgIpc) is 2.24. The topological polar surface area (TPSA) is 35.5 Å². The van der Waals surface area contributed by atoms with E-state index in [0.29, 0.717) is 12.2 Å². The summed E-state index contributed by atoms with van der Waals surface area (Å²) in [6.45, 7) is 7.87. The van der Waals surface area contributed by atoms with Crippen LogP contribution in [0.25, 0.3) is 0 Å². The lowest BCUT2D eigenvalue weighted by Crippen LogP contribution is -2.22. The van der Waals surface area contributed by atoms with Gasteiger partial charge in [0, 0.05) is 5.56 Å². The molecule has 1 aromatic rings. The minimum Gasteiger partial charge on any atom is -0.488 e. The summed E-state index contributed by atoms with van der Waals surface area (Å²) in [5.74, 6) is -0.563. The molecule has 3 nitrogen and oxygen atoms in total. The highest BCUT2D eigenvalue weighted by Crippen LogP contribution is 2.18. The second-order valence-electron chi connectivity index (χ2n) is 5.01. The number of rotatable bonds is 5. The zero-order valence-electron chi connectivity index (χ0n) is 11.2. The Bertz CT molecular complexity index is 422. The summed E-state index contributed by atoms with van der Waals surface area (Å²) < 4.78 is 24.3. The Labute approximate surface area is 107 Å². The predicted octanol–water partition coefficient (Wildman–Crippen LogP) is 3.22. The molecule has 0 N–H and O–H groups in total. The molecule has 0 aromatic heterocycles. The second kappa shape index (κ2) is 5.96. The van der Waals surface area contributed by atoms with Crippen LogP contribution in [-0.2, 0) is 4.74 Å². The lowest BCUT2D eigenvalue weighted by molar-refractivity contribution is -0.0166. The standard InChI is InChI=1S/C14H19FO3/c1-10(16)11-5-6-13(12(15)9-11)17-7-8-18-14(2,3)4/h5-6,9H,7-8H2,1-4H3. The van der Waals surface area contributed by atoms with Crippen LogP contribution in [0, 0.1) is 5.82 Å². The van der Waals surface area contributed by atoms with Crippen LogP contribution in [0.2, 0.25) is 0 Å². The number of hydrogen-bond acceptors (Lipinski definition) is 3. The van der Waals surface area contributed by atoms with Gasteiger partial charge < -0.3 is 9.47 Å². The van der Waals surface area contributed by atoms with Crippen molar-refractivity contribution in [3.8, 4) is 5.75 Å². The van der Waals surface area contributed by atoms with E-state index in [9.17, 15) is 9.18 Å². The number of halogens is 1. The van der Waals surface area contributed by atoms with Crippen molar-refractivity contribution in [2.24, 2.45) is 0 Å². The first-order valence-electron chi connectivity index (χ1n) is 5.87. The molecule has 0 fully saturated rings. The Morgan fingerprint density at radius 1 is 1.28 bits per heavy atom. The molecule has 0 aliphatic heterocycles. The molecule has 0 aliphatic rings. The number of benzene rings is 1. The minimum absolute atomic E-state index is 0.137. The molecule has 0 saturated heterocycles. The largest absolute Gasteiger partial charge is 0.488 e. The highest BCUT2D eigenvalue weighted by Gasteiger charge is 2.10. The van der Waals surface area contributed by atoms with Crippen molar-refractivity contribution in [3.05, 3.63) is 29.6 Å². The fourth-order valence-electron chi connectivity index (χ4n) is 1.34. The van der Waals surface area contributed by atoms with E-state index in [1.54, 1.807) is 6.07 Å². The highest BCUT2D eigenvalue weighted by molar-refractivity contribution is 5.94. The molecule has 0 bridgehead atoms. The molecule has 0 aliphatic carbocycles. The van der Waals surface area contributed by atoms with Crippen LogP contribution in [0.5, 0.6) is 5.75 Å². The fraction of sp³-hybridized carbons (Fsp3) is 0.500. The van der Waals surface area contributed by atoms with Crippen molar-refractivity contribution in [1.29, 1.82) is 0 Å². The quantitative estimate of drug-likeness (QED) is 0.598. The van der Waals surface area contributed by atoms with Crippen molar-refractivity contribution < 1.29 is 18.7 Å². The zero-order valence-corrected chi connectivity index (χ0v) is 11.2. The van der Waals surface area contributed by atoms with Gasteiger partial charge in [-0.2, -0.15) is 0 Å². The second-order valence-corrected chi connectivity index (χ2v) is 5.01. The normalized spacial score (nSPS) is 11.4. The lowest BCUT2D eigenvalue weighted by atomic mass is 10.1. The number of carbonyl (C=O) groups is 1. The average molecular weight is 254 g/mol. The molecule has 4 heteroatoms. The molecule has 100 valence electrons. The van der Waals surface area contributed by atoms with Crippen molar-refractivity contribution in [3.63, 3.8) is 0 Å². The molecular weight excluding hydrogens is 235 g/mol. The van der Waals surface area contributed by atoms with Gasteiger partial charge in [-0.05, 0) is 45.9 Å². The van der Waals surface area contributed by atoms with Crippen LogP contribution < -0.4 is 4.74 Å². The van der Waals surface area contributed by atoms with E-state index in [4.69, 9.17) is 9.47 Å². The van der Waals surface area contributed by atoms with Crippen LogP contribution in [0.1, 0.15) is 38.1 Å². The maximum Gasteiger partial charge on any atom is 0.165 e. The van der Waals surface area contributed by atoms with Gasteiger partial charge >= 0.3 is 0 Å². The summed E-state index contributed by atoms with van der Waals surface area (Å²) >= 11 is 0. The minimum atomic E-state index is -0.529. The summed E-state index contributed by atoms with van der Waals surface area (Å²) in [5.41, 5.74) is 0.103. The van der Waals surface area contributed by atoms with Crippen molar-refractivity contribution >= 4 is 5.78 Å². The smallest absolute Gasteiger partial charge is 0.165 e. The Hall–Kier alpha value is -1.42. The van der Waals surface area contributed by atoms with Crippen molar-refractivity contribution in [2.75, 3.05) is 13.2 Å². The fourth-order valence-corrected chi connectivity index (χ4v) is 1.34. The molecule has 0 unspecified atom stereocenters. The number of ketones is 1. The van der Waals surface area contributed by atoms with E-state index in [2.05, 4.69) is 0 Å². The van der Waals surface area contributed by atoms with Crippen molar-refractivity contribution in [1.82, 2.24) is 0 Å². The number of ether oxygens (including phenoxy) is 2. The first-order chi connectivity index (χ1) is 8.29. The number of Topliss-reactive ketones (excluding diaryl/α,β-unsaturated/α-hetero) is 1. The first kappa shape index (κ1) is 14.6. The predicted molar refractivity (Wildman–Crippen MR) is 67.6 cm³/mol. The summed E-state index contributed by atoms with van der Waals surface area (Å²) in [5, 5.41) is 0. The molecule has 1 aromatic carbocycles. The van der Waals surface area contributed by atoms with E-state index in [0.717, 1.165) is 0 Å². The van der Waals surface area contributed by atoms with Gasteiger partial charge in [-0.3, -0.25) is 4.79 Å². The maximum atomic E-state index is 13.6.